The monoisotopic (exact) mass is 243 g/mol. The maximum atomic E-state index is 12.0. The summed E-state index contributed by atoms with van der Waals surface area (Å²) in [5, 5.41) is 2.95. The third kappa shape index (κ3) is 3.92. The van der Waals surface area contributed by atoms with Crippen LogP contribution < -0.4 is 5.32 Å². The molecule has 0 saturated carbocycles. The van der Waals surface area contributed by atoms with Gasteiger partial charge in [-0.1, -0.05) is 32.9 Å². The van der Waals surface area contributed by atoms with Gasteiger partial charge in [0.15, 0.2) is 0 Å². The van der Waals surface area contributed by atoms with Crippen LogP contribution in [0, 0.1) is 12.3 Å². The lowest BCUT2D eigenvalue weighted by atomic mass is 10.0. The molecule has 1 atom stereocenters. The Morgan fingerprint density at radius 1 is 1.33 bits per heavy atom. The number of carbonyl (C=O) groups excluding carboxylic acids is 1. The molecule has 0 bridgehead atoms. The van der Waals surface area contributed by atoms with E-state index in [0.29, 0.717) is 17.9 Å². The summed E-state index contributed by atoms with van der Waals surface area (Å²) in [5.74, 6) is 3.01. The quantitative estimate of drug-likeness (QED) is 0.790. The summed E-state index contributed by atoms with van der Waals surface area (Å²) in [6.45, 7) is 6.29. The van der Waals surface area contributed by atoms with Crippen molar-refractivity contribution in [2.75, 3.05) is 0 Å². The lowest BCUT2D eigenvalue weighted by Gasteiger charge is -2.14. The first-order valence-electron chi connectivity index (χ1n) is 6.42. The molecule has 1 aromatic carbocycles. The summed E-state index contributed by atoms with van der Waals surface area (Å²) in [6.07, 6.45) is 6.69. The Labute approximate surface area is 110 Å². The van der Waals surface area contributed by atoms with Crippen molar-refractivity contribution in [1.82, 2.24) is 5.32 Å². The third-order valence-electron chi connectivity index (χ3n) is 3.03. The van der Waals surface area contributed by atoms with Crippen LogP contribution in [0.3, 0.4) is 0 Å². The van der Waals surface area contributed by atoms with Crippen molar-refractivity contribution in [2.45, 2.75) is 45.6 Å². The number of benzene rings is 1. The zero-order chi connectivity index (χ0) is 13.5. The van der Waals surface area contributed by atoms with Crippen LogP contribution in [0.2, 0.25) is 0 Å². The van der Waals surface area contributed by atoms with Gasteiger partial charge in [-0.3, -0.25) is 4.79 Å². The molecule has 0 radical (unpaired) electrons. The molecule has 0 spiro atoms. The van der Waals surface area contributed by atoms with Gasteiger partial charge in [0.2, 0.25) is 0 Å². The number of hydrogen-bond acceptors (Lipinski definition) is 1. The molecule has 96 valence electrons. The van der Waals surface area contributed by atoms with Gasteiger partial charge in [0.05, 0.1) is 0 Å². The fourth-order valence-corrected chi connectivity index (χ4v) is 1.73. The molecule has 0 heterocycles. The lowest BCUT2D eigenvalue weighted by Crippen LogP contribution is -2.34. The van der Waals surface area contributed by atoms with Gasteiger partial charge >= 0.3 is 0 Å². The standard InChI is InChI=1S/C16H21NO/c1-5-7-15(6-2)17-16(18)14-10-8-13(9-11-14)12(3)4/h1,8-12,15H,6-7H2,2-4H3,(H,17,18). The number of terminal acetylenes is 1. The molecule has 0 aliphatic carbocycles. The van der Waals surface area contributed by atoms with Crippen molar-refractivity contribution in [1.29, 1.82) is 0 Å². The highest BCUT2D eigenvalue weighted by Gasteiger charge is 2.11. The Balaban J connectivity index is 2.70. The average Bonchev–Trinajstić information content (AvgIpc) is 2.38. The van der Waals surface area contributed by atoms with Crippen LogP contribution in [0.1, 0.15) is 55.5 Å². The first kappa shape index (κ1) is 14.3. The normalized spacial score (nSPS) is 11.9. The smallest absolute Gasteiger partial charge is 0.251 e. The van der Waals surface area contributed by atoms with E-state index in [2.05, 4.69) is 25.1 Å². The second kappa shape index (κ2) is 6.86. The maximum absolute atomic E-state index is 12.0. The average molecular weight is 243 g/mol. The predicted octanol–water partition coefficient (Wildman–Crippen LogP) is 3.34. The highest BCUT2D eigenvalue weighted by atomic mass is 16.1. The van der Waals surface area contributed by atoms with E-state index in [4.69, 9.17) is 6.42 Å². The fourth-order valence-electron chi connectivity index (χ4n) is 1.73. The molecular weight excluding hydrogens is 222 g/mol. The molecule has 1 unspecified atom stereocenters. The van der Waals surface area contributed by atoms with Gasteiger partial charge in [-0.25, -0.2) is 0 Å². The highest BCUT2D eigenvalue weighted by molar-refractivity contribution is 5.94. The molecule has 1 N–H and O–H groups in total. The van der Waals surface area contributed by atoms with Crippen LogP contribution in [-0.4, -0.2) is 11.9 Å². The zero-order valence-corrected chi connectivity index (χ0v) is 11.4. The second-order valence-corrected chi connectivity index (χ2v) is 4.76. The van der Waals surface area contributed by atoms with Crippen LogP contribution in [0.5, 0.6) is 0 Å². The molecule has 18 heavy (non-hydrogen) atoms. The van der Waals surface area contributed by atoms with E-state index < -0.39 is 0 Å². The first-order valence-corrected chi connectivity index (χ1v) is 6.42. The Hall–Kier alpha value is -1.75. The minimum Gasteiger partial charge on any atom is -0.348 e. The predicted molar refractivity (Wildman–Crippen MR) is 75.5 cm³/mol. The van der Waals surface area contributed by atoms with Crippen molar-refractivity contribution in [3.63, 3.8) is 0 Å². The van der Waals surface area contributed by atoms with E-state index in [0.717, 1.165) is 6.42 Å². The van der Waals surface area contributed by atoms with Crippen LogP contribution in [0.4, 0.5) is 0 Å². The number of carbonyl (C=O) groups is 1. The minimum absolute atomic E-state index is 0.0487. The van der Waals surface area contributed by atoms with Gasteiger partial charge in [0.1, 0.15) is 0 Å². The number of amides is 1. The number of hydrogen-bond donors (Lipinski definition) is 1. The Bertz CT molecular complexity index is 425. The van der Waals surface area contributed by atoms with E-state index in [1.807, 2.05) is 31.2 Å². The molecule has 0 saturated heterocycles. The van der Waals surface area contributed by atoms with Crippen LogP contribution in [-0.2, 0) is 0 Å². The number of rotatable bonds is 5. The first-order chi connectivity index (χ1) is 8.58. The molecule has 2 nitrogen and oxygen atoms in total. The Kier molecular flexibility index (Phi) is 5.45. The second-order valence-electron chi connectivity index (χ2n) is 4.76. The van der Waals surface area contributed by atoms with Crippen molar-refractivity contribution in [2.24, 2.45) is 0 Å². The van der Waals surface area contributed by atoms with E-state index in [1.165, 1.54) is 5.56 Å². The summed E-state index contributed by atoms with van der Waals surface area (Å²) in [5.41, 5.74) is 1.93. The van der Waals surface area contributed by atoms with E-state index in [9.17, 15) is 4.79 Å². The third-order valence-corrected chi connectivity index (χ3v) is 3.03. The van der Waals surface area contributed by atoms with Crippen molar-refractivity contribution < 1.29 is 4.79 Å². The maximum Gasteiger partial charge on any atom is 0.251 e. The molecule has 1 amide bonds. The number of nitrogens with one attached hydrogen (secondary N) is 1. The van der Waals surface area contributed by atoms with Crippen LogP contribution in [0.25, 0.3) is 0 Å². The molecule has 0 aromatic heterocycles. The Morgan fingerprint density at radius 2 is 1.94 bits per heavy atom. The van der Waals surface area contributed by atoms with E-state index in [1.54, 1.807) is 0 Å². The minimum atomic E-state index is -0.0487. The van der Waals surface area contributed by atoms with Gasteiger partial charge in [-0.2, -0.15) is 0 Å². The van der Waals surface area contributed by atoms with Gasteiger partial charge in [-0.15, -0.1) is 12.3 Å². The molecule has 0 aliphatic rings. The summed E-state index contributed by atoms with van der Waals surface area (Å²) < 4.78 is 0. The molecule has 2 heteroatoms. The van der Waals surface area contributed by atoms with Crippen molar-refractivity contribution in [3.05, 3.63) is 35.4 Å². The summed E-state index contributed by atoms with van der Waals surface area (Å²) in [6, 6.07) is 7.80. The molecule has 0 fully saturated rings. The molecule has 1 aromatic rings. The van der Waals surface area contributed by atoms with Gasteiger partial charge in [-0.05, 0) is 30.0 Å². The SMILES string of the molecule is C#CCC(CC)NC(=O)c1ccc(C(C)C)cc1. The summed E-state index contributed by atoms with van der Waals surface area (Å²) in [4.78, 5) is 12.0. The highest BCUT2D eigenvalue weighted by Crippen LogP contribution is 2.14. The van der Waals surface area contributed by atoms with Crippen LogP contribution in [0.15, 0.2) is 24.3 Å². The summed E-state index contributed by atoms with van der Waals surface area (Å²) >= 11 is 0. The Morgan fingerprint density at radius 3 is 2.39 bits per heavy atom. The van der Waals surface area contributed by atoms with Gasteiger partial charge in [0.25, 0.3) is 5.91 Å². The van der Waals surface area contributed by atoms with Crippen LogP contribution >= 0.6 is 0 Å². The largest absolute Gasteiger partial charge is 0.348 e. The molecule has 1 rings (SSSR count). The summed E-state index contributed by atoms with van der Waals surface area (Å²) in [7, 11) is 0. The van der Waals surface area contributed by atoms with Crippen molar-refractivity contribution >= 4 is 5.91 Å². The fraction of sp³-hybridized carbons (Fsp3) is 0.438. The van der Waals surface area contributed by atoms with E-state index in [-0.39, 0.29) is 11.9 Å². The van der Waals surface area contributed by atoms with Gasteiger partial charge < -0.3 is 5.32 Å². The lowest BCUT2D eigenvalue weighted by molar-refractivity contribution is 0.0936. The van der Waals surface area contributed by atoms with Gasteiger partial charge in [0, 0.05) is 18.0 Å². The molecular formula is C16H21NO. The van der Waals surface area contributed by atoms with Crippen molar-refractivity contribution in [3.8, 4) is 12.3 Å². The molecule has 0 aliphatic heterocycles. The zero-order valence-electron chi connectivity index (χ0n) is 11.4. The topological polar surface area (TPSA) is 29.1 Å². The van der Waals surface area contributed by atoms with E-state index >= 15 is 0 Å².